The van der Waals surface area contributed by atoms with Crippen LogP contribution in [0.15, 0.2) is 6.20 Å². The summed E-state index contributed by atoms with van der Waals surface area (Å²) in [7, 11) is 1.68. The Morgan fingerprint density at radius 2 is 2.36 bits per heavy atom. The molecule has 1 aromatic heterocycles. The summed E-state index contributed by atoms with van der Waals surface area (Å²) in [6, 6.07) is 0. The smallest absolute Gasteiger partial charge is 0.224 e. The Labute approximate surface area is 86.4 Å². The van der Waals surface area contributed by atoms with Gasteiger partial charge in [0.05, 0.1) is 6.20 Å². The van der Waals surface area contributed by atoms with Crippen LogP contribution in [0.25, 0.3) is 0 Å². The van der Waals surface area contributed by atoms with Gasteiger partial charge in [0, 0.05) is 20.2 Å². The summed E-state index contributed by atoms with van der Waals surface area (Å²) < 4.78 is 13.2. The molecule has 0 aromatic carbocycles. The Morgan fingerprint density at radius 3 is 3.00 bits per heavy atom. The normalized spacial score (nSPS) is 10.3. The molecule has 0 aliphatic heterocycles. The topological polar surface area (TPSA) is 49.2 Å². The average Bonchev–Trinajstić information content (AvgIpc) is 2.18. The maximum atomic E-state index is 13.2. The van der Waals surface area contributed by atoms with Crippen LogP contribution < -0.4 is 4.90 Å². The molecule has 0 fully saturated rings. The van der Waals surface area contributed by atoms with Gasteiger partial charge in [0.25, 0.3) is 0 Å². The predicted molar refractivity (Wildman–Crippen MR) is 52.0 cm³/mol. The van der Waals surface area contributed by atoms with E-state index in [0.717, 1.165) is 6.20 Å². The molecule has 0 aliphatic rings. The van der Waals surface area contributed by atoms with Crippen molar-refractivity contribution in [3.8, 4) is 0 Å². The zero-order valence-electron chi connectivity index (χ0n) is 7.74. The van der Waals surface area contributed by atoms with E-state index >= 15 is 0 Å². The Kier molecular flexibility index (Phi) is 4.03. The second-order valence-electron chi connectivity index (χ2n) is 2.81. The summed E-state index contributed by atoms with van der Waals surface area (Å²) in [4.78, 5) is 8.84. The zero-order valence-corrected chi connectivity index (χ0v) is 8.50. The van der Waals surface area contributed by atoms with Crippen molar-refractivity contribution in [2.75, 3.05) is 25.1 Å². The largest absolute Gasteiger partial charge is 0.396 e. The number of aliphatic hydroxyl groups is 1. The lowest BCUT2D eigenvalue weighted by molar-refractivity contribution is 0.290. The van der Waals surface area contributed by atoms with Crippen LogP contribution in [-0.2, 0) is 0 Å². The summed E-state index contributed by atoms with van der Waals surface area (Å²) in [5.74, 6) is -0.367. The van der Waals surface area contributed by atoms with Gasteiger partial charge in [0.15, 0.2) is 11.6 Å². The van der Waals surface area contributed by atoms with Gasteiger partial charge >= 0.3 is 0 Å². The number of anilines is 1. The molecule has 0 spiro atoms. The molecule has 0 unspecified atom stereocenters. The van der Waals surface area contributed by atoms with Crippen molar-refractivity contribution < 1.29 is 9.50 Å². The molecule has 1 aromatic rings. The number of aromatic nitrogens is 2. The molecule has 0 radical (unpaired) electrons. The van der Waals surface area contributed by atoms with Crippen LogP contribution in [-0.4, -0.2) is 35.3 Å². The molecular weight excluding hydrogens is 209 g/mol. The molecule has 1 rings (SSSR count). The lowest BCUT2D eigenvalue weighted by Gasteiger charge is -2.17. The maximum Gasteiger partial charge on any atom is 0.224 e. The van der Waals surface area contributed by atoms with Crippen LogP contribution in [0.3, 0.4) is 0 Å². The van der Waals surface area contributed by atoms with Gasteiger partial charge in [-0.1, -0.05) is 0 Å². The number of hydrogen-bond donors (Lipinski definition) is 1. The van der Waals surface area contributed by atoms with E-state index in [0.29, 0.717) is 13.0 Å². The first-order chi connectivity index (χ1) is 6.65. The van der Waals surface area contributed by atoms with Gasteiger partial charge in [-0.25, -0.2) is 9.37 Å². The Balaban J connectivity index is 2.77. The van der Waals surface area contributed by atoms with Crippen molar-refractivity contribution >= 4 is 17.4 Å². The molecule has 0 aliphatic carbocycles. The molecule has 14 heavy (non-hydrogen) atoms. The molecule has 4 nitrogen and oxygen atoms in total. The molecule has 0 atom stereocenters. The highest BCUT2D eigenvalue weighted by Gasteiger charge is 2.10. The van der Waals surface area contributed by atoms with E-state index in [2.05, 4.69) is 9.97 Å². The summed E-state index contributed by atoms with van der Waals surface area (Å²) in [5, 5.41) is 8.62. The fourth-order valence-corrected chi connectivity index (χ4v) is 1.15. The van der Waals surface area contributed by atoms with E-state index in [1.165, 1.54) is 0 Å². The number of hydrogen-bond acceptors (Lipinski definition) is 4. The zero-order chi connectivity index (χ0) is 10.6. The van der Waals surface area contributed by atoms with E-state index < -0.39 is 5.82 Å². The average molecular weight is 220 g/mol. The second-order valence-corrected chi connectivity index (χ2v) is 3.15. The highest BCUT2D eigenvalue weighted by atomic mass is 35.5. The first-order valence-electron chi connectivity index (χ1n) is 4.15. The molecular formula is C8H11ClFN3O. The molecule has 78 valence electrons. The monoisotopic (exact) mass is 219 g/mol. The first kappa shape index (κ1) is 11.1. The van der Waals surface area contributed by atoms with Gasteiger partial charge in [-0.15, -0.1) is 0 Å². The van der Waals surface area contributed by atoms with Crippen LogP contribution in [0.5, 0.6) is 0 Å². The molecule has 0 amide bonds. The van der Waals surface area contributed by atoms with Crippen LogP contribution in [0.1, 0.15) is 6.42 Å². The fourth-order valence-electron chi connectivity index (χ4n) is 1.02. The third kappa shape index (κ3) is 2.78. The fraction of sp³-hybridized carbons (Fsp3) is 0.500. The van der Waals surface area contributed by atoms with Crippen LogP contribution in [0.2, 0.25) is 5.28 Å². The standard InChI is InChI=1S/C8H11ClFN3O/c1-13(3-2-4-14)7-6(10)5-11-8(9)12-7/h5,14H,2-4H2,1H3. The summed E-state index contributed by atoms with van der Waals surface area (Å²) in [6.07, 6.45) is 1.58. The molecule has 0 saturated heterocycles. The lowest BCUT2D eigenvalue weighted by Crippen LogP contribution is -2.22. The number of nitrogens with zero attached hydrogens (tertiary/aromatic N) is 3. The van der Waals surface area contributed by atoms with Crippen molar-refractivity contribution in [3.05, 3.63) is 17.3 Å². The number of aliphatic hydroxyl groups excluding tert-OH is 1. The van der Waals surface area contributed by atoms with Crippen LogP contribution in [0, 0.1) is 5.82 Å². The molecule has 1 heterocycles. The van der Waals surface area contributed by atoms with Crippen LogP contribution in [0.4, 0.5) is 10.2 Å². The number of rotatable bonds is 4. The van der Waals surface area contributed by atoms with Gasteiger partial charge in [0.1, 0.15) is 0 Å². The molecule has 1 N–H and O–H groups in total. The van der Waals surface area contributed by atoms with Gasteiger partial charge in [-0.2, -0.15) is 4.98 Å². The van der Waals surface area contributed by atoms with Gasteiger partial charge in [0.2, 0.25) is 5.28 Å². The van der Waals surface area contributed by atoms with E-state index in [1.54, 1.807) is 11.9 Å². The summed E-state index contributed by atoms with van der Waals surface area (Å²) >= 11 is 5.53. The minimum atomic E-state index is -0.519. The summed E-state index contributed by atoms with van der Waals surface area (Å²) in [5.41, 5.74) is 0. The number of halogens is 2. The second kappa shape index (κ2) is 5.07. The van der Waals surface area contributed by atoms with Gasteiger partial charge in [-0.05, 0) is 18.0 Å². The van der Waals surface area contributed by atoms with E-state index in [1.807, 2.05) is 0 Å². The Bertz CT molecular complexity index is 311. The highest BCUT2D eigenvalue weighted by molar-refractivity contribution is 6.28. The minimum absolute atomic E-state index is 0.0113. The third-order valence-corrected chi connectivity index (χ3v) is 1.89. The Hall–Kier alpha value is -0.940. The SMILES string of the molecule is CN(CCCO)c1nc(Cl)ncc1F. The lowest BCUT2D eigenvalue weighted by atomic mass is 10.4. The van der Waals surface area contributed by atoms with E-state index in [-0.39, 0.29) is 17.7 Å². The quantitative estimate of drug-likeness (QED) is 0.771. The van der Waals surface area contributed by atoms with Crippen molar-refractivity contribution in [3.63, 3.8) is 0 Å². The van der Waals surface area contributed by atoms with Crippen molar-refractivity contribution in [1.82, 2.24) is 9.97 Å². The highest BCUT2D eigenvalue weighted by Crippen LogP contribution is 2.15. The van der Waals surface area contributed by atoms with Gasteiger partial charge < -0.3 is 10.0 Å². The van der Waals surface area contributed by atoms with Gasteiger partial charge in [-0.3, -0.25) is 0 Å². The maximum absolute atomic E-state index is 13.2. The Morgan fingerprint density at radius 1 is 1.64 bits per heavy atom. The van der Waals surface area contributed by atoms with Crippen molar-refractivity contribution in [1.29, 1.82) is 0 Å². The van der Waals surface area contributed by atoms with Crippen molar-refractivity contribution in [2.24, 2.45) is 0 Å². The first-order valence-corrected chi connectivity index (χ1v) is 4.53. The molecule has 0 saturated carbocycles. The van der Waals surface area contributed by atoms with E-state index in [9.17, 15) is 4.39 Å². The minimum Gasteiger partial charge on any atom is -0.396 e. The van der Waals surface area contributed by atoms with Crippen LogP contribution >= 0.6 is 11.6 Å². The summed E-state index contributed by atoms with van der Waals surface area (Å²) in [6.45, 7) is 0.575. The van der Waals surface area contributed by atoms with E-state index in [4.69, 9.17) is 16.7 Å². The third-order valence-electron chi connectivity index (χ3n) is 1.71. The molecule has 0 bridgehead atoms. The van der Waals surface area contributed by atoms with Crippen molar-refractivity contribution in [2.45, 2.75) is 6.42 Å². The molecule has 6 heteroatoms. The predicted octanol–water partition coefficient (Wildman–Crippen LogP) is 1.09.